The van der Waals surface area contributed by atoms with Gasteiger partial charge in [0.05, 0.1) is 0 Å². The number of hydrogen-bond donors (Lipinski definition) is 1. The topological polar surface area (TPSA) is 50.2 Å². The van der Waals surface area contributed by atoms with Crippen molar-refractivity contribution in [2.45, 2.75) is 52.0 Å². The highest BCUT2D eigenvalue weighted by atomic mass is 16.2. The van der Waals surface area contributed by atoms with Gasteiger partial charge in [-0.3, -0.25) is 0 Å². The summed E-state index contributed by atoms with van der Waals surface area (Å²) >= 11 is 0. The van der Waals surface area contributed by atoms with Gasteiger partial charge in [-0.1, -0.05) is 6.07 Å². The van der Waals surface area contributed by atoms with Crippen LogP contribution in [0.3, 0.4) is 0 Å². The van der Waals surface area contributed by atoms with Gasteiger partial charge in [0.2, 0.25) is 0 Å². The highest BCUT2D eigenvalue weighted by Crippen LogP contribution is 2.23. The zero-order valence-corrected chi connectivity index (χ0v) is 15.5. The third-order valence-electron chi connectivity index (χ3n) is 4.98. The molecule has 3 rings (SSSR count). The minimum Gasteiger partial charge on any atom is -0.338 e. The highest BCUT2D eigenvalue weighted by Gasteiger charge is 2.26. The predicted octanol–water partition coefficient (Wildman–Crippen LogP) is 4.06. The van der Waals surface area contributed by atoms with E-state index in [-0.39, 0.29) is 12.1 Å². The standard InChI is InChI=1S/C20H28N4O/c1-15-12-16(2)14-17(13-15)22-20(25)24-10-5-4-6-18(24)7-8-19-21-9-11-23(19)3/h9,11-14,18H,4-8,10H2,1-3H3,(H,22,25)/t18-/m0/s1. The van der Waals surface area contributed by atoms with E-state index in [1.54, 1.807) is 0 Å². The number of benzene rings is 1. The summed E-state index contributed by atoms with van der Waals surface area (Å²) in [6.07, 6.45) is 9.02. The molecule has 1 aromatic carbocycles. The fourth-order valence-corrected chi connectivity index (χ4v) is 3.74. The number of nitrogens with one attached hydrogen (secondary N) is 1. The average molecular weight is 340 g/mol. The van der Waals surface area contributed by atoms with Crippen molar-refractivity contribution in [3.63, 3.8) is 0 Å². The molecule has 1 aromatic heterocycles. The Morgan fingerprint density at radius 1 is 1.24 bits per heavy atom. The number of likely N-dealkylation sites (tertiary alicyclic amines) is 1. The van der Waals surface area contributed by atoms with Crippen LogP contribution in [0.1, 0.15) is 42.6 Å². The van der Waals surface area contributed by atoms with Crippen LogP contribution in [0, 0.1) is 13.8 Å². The van der Waals surface area contributed by atoms with E-state index in [0.717, 1.165) is 43.7 Å². The Kier molecular flexibility index (Phi) is 5.41. The molecule has 1 saturated heterocycles. The molecule has 2 heterocycles. The molecule has 0 spiro atoms. The number of piperidine rings is 1. The molecule has 1 N–H and O–H groups in total. The van der Waals surface area contributed by atoms with E-state index in [2.05, 4.69) is 34.8 Å². The van der Waals surface area contributed by atoms with Gasteiger partial charge in [-0.15, -0.1) is 0 Å². The summed E-state index contributed by atoms with van der Waals surface area (Å²) in [5.41, 5.74) is 3.22. The molecule has 0 saturated carbocycles. The largest absolute Gasteiger partial charge is 0.338 e. The molecular weight excluding hydrogens is 312 g/mol. The number of urea groups is 1. The molecule has 1 aliphatic heterocycles. The van der Waals surface area contributed by atoms with Crippen LogP contribution in [-0.4, -0.2) is 33.1 Å². The van der Waals surface area contributed by atoms with Crippen LogP contribution in [0.15, 0.2) is 30.6 Å². The fraction of sp³-hybridized carbons (Fsp3) is 0.500. The van der Waals surface area contributed by atoms with Gasteiger partial charge < -0.3 is 14.8 Å². The fourth-order valence-electron chi connectivity index (χ4n) is 3.74. The Morgan fingerprint density at radius 3 is 2.68 bits per heavy atom. The second-order valence-electron chi connectivity index (χ2n) is 7.14. The van der Waals surface area contributed by atoms with Gasteiger partial charge in [0.1, 0.15) is 5.82 Å². The SMILES string of the molecule is Cc1cc(C)cc(NC(=O)N2CCCC[C@H]2CCc2nccn2C)c1. The Labute approximate surface area is 150 Å². The summed E-state index contributed by atoms with van der Waals surface area (Å²) in [6.45, 7) is 4.94. The van der Waals surface area contributed by atoms with Gasteiger partial charge in [0.15, 0.2) is 0 Å². The number of nitrogens with zero attached hydrogens (tertiary/aromatic N) is 3. The lowest BCUT2D eigenvalue weighted by Crippen LogP contribution is -2.46. The summed E-state index contributed by atoms with van der Waals surface area (Å²) in [6, 6.07) is 6.48. The van der Waals surface area contributed by atoms with Gasteiger partial charge in [0, 0.05) is 44.1 Å². The number of aromatic nitrogens is 2. The summed E-state index contributed by atoms with van der Waals surface area (Å²) < 4.78 is 2.06. The van der Waals surface area contributed by atoms with Crippen LogP contribution in [0.2, 0.25) is 0 Å². The van der Waals surface area contributed by atoms with E-state index >= 15 is 0 Å². The molecular formula is C20H28N4O. The molecule has 134 valence electrons. The summed E-state index contributed by atoms with van der Waals surface area (Å²) in [5, 5.41) is 3.09. The van der Waals surface area contributed by atoms with Gasteiger partial charge in [0.25, 0.3) is 0 Å². The minimum absolute atomic E-state index is 0.0227. The molecule has 25 heavy (non-hydrogen) atoms. The molecule has 5 heteroatoms. The van der Waals surface area contributed by atoms with Crippen molar-refractivity contribution in [3.05, 3.63) is 47.5 Å². The monoisotopic (exact) mass is 340 g/mol. The Balaban J connectivity index is 1.65. The molecule has 0 radical (unpaired) electrons. The van der Waals surface area contributed by atoms with Crippen LogP contribution in [0.25, 0.3) is 0 Å². The average Bonchev–Trinajstić information content (AvgIpc) is 2.97. The number of hydrogen-bond acceptors (Lipinski definition) is 2. The lowest BCUT2D eigenvalue weighted by Gasteiger charge is -2.35. The number of aryl methyl sites for hydroxylation is 4. The van der Waals surface area contributed by atoms with E-state index in [1.807, 2.05) is 36.5 Å². The maximum atomic E-state index is 12.8. The number of amides is 2. The first-order chi connectivity index (χ1) is 12.0. The van der Waals surface area contributed by atoms with Crippen LogP contribution in [-0.2, 0) is 13.5 Å². The van der Waals surface area contributed by atoms with Crippen molar-refractivity contribution in [1.82, 2.24) is 14.5 Å². The second-order valence-corrected chi connectivity index (χ2v) is 7.14. The number of rotatable bonds is 4. The molecule has 2 amide bonds. The number of anilines is 1. The van der Waals surface area contributed by atoms with Gasteiger partial charge >= 0.3 is 6.03 Å². The van der Waals surface area contributed by atoms with Crippen LogP contribution < -0.4 is 5.32 Å². The maximum Gasteiger partial charge on any atom is 0.322 e. The summed E-state index contributed by atoms with van der Waals surface area (Å²) in [4.78, 5) is 19.2. The van der Waals surface area contributed by atoms with Crippen molar-refractivity contribution < 1.29 is 4.79 Å². The van der Waals surface area contributed by atoms with Crippen molar-refractivity contribution in [1.29, 1.82) is 0 Å². The maximum absolute atomic E-state index is 12.8. The zero-order valence-electron chi connectivity index (χ0n) is 15.5. The van der Waals surface area contributed by atoms with Crippen molar-refractivity contribution in [2.75, 3.05) is 11.9 Å². The third-order valence-corrected chi connectivity index (χ3v) is 4.98. The van der Waals surface area contributed by atoms with E-state index < -0.39 is 0 Å². The quantitative estimate of drug-likeness (QED) is 0.912. The molecule has 0 aliphatic carbocycles. The normalized spacial score (nSPS) is 17.6. The van der Waals surface area contributed by atoms with Crippen LogP contribution in [0.5, 0.6) is 0 Å². The Morgan fingerprint density at radius 2 is 2.00 bits per heavy atom. The lowest BCUT2D eigenvalue weighted by atomic mass is 9.98. The van der Waals surface area contributed by atoms with E-state index in [0.29, 0.717) is 0 Å². The van der Waals surface area contributed by atoms with Gasteiger partial charge in [-0.25, -0.2) is 9.78 Å². The highest BCUT2D eigenvalue weighted by molar-refractivity contribution is 5.89. The van der Waals surface area contributed by atoms with Crippen molar-refractivity contribution in [2.24, 2.45) is 7.05 Å². The zero-order chi connectivity index (χ0) is 17.8. The molecule has 0 unspecified atom stereocenters. The van der Waals surface area contributed by atoms with E-state index in [9.17, 15) is 4.79 Å². The Bertz CT molecular complexity index is 717. The number of imidazole rings is 1. The minimum atomic E-state index is 0.0227. The lowest BCUT2D eigenvalue weighted by molar-refractivity contribution is 0.157. The first-order valence-electron chi connectivity index (χ1n) is 9.15. The predicted molar refractivity (Wildman–Crippen MR) is 101 cm³/mol. The molecule has 0 bridgehead atoms. The van der Waals surface area contributed by atoms with Gasteiger partial charge in [-0.2, -0.15) is 0 Å². The smallest absolute Gasteiger partial charge is 0.322 e. The Hall–Kier alpha value is -2.30. The van der Waals surface area contributed by atoms with Crippen LogP contribution >= 0.6 is 0 Å². The number of carbonyl (C=O) groups is 1. The van der Waals surface area contributed by atoms with E-state index in [4.69, 9.17) is 0 Å². The van der Waals surface area contributed by atoms with Crippen LogP contribution in [0.4, 0.5) is 10.5 Å². The third kappa shape index (κ3) is 4.41. The molecule has 2 aromatic rings. The van der Waals surface area contributed by atoms with Gasteiger partial charge in [-0.05, 0) is 62.8 Å². The number of carbonyl (C=O) groups excluding carboxylic acids is 1. The second kappa shape index (κ2) is 7.72. The van der Waals surface area contributed by atoms with Crippen molar-refractivity contribution in [3.8, 4) is 0 Å². The first-order valence-corrected chi connectivity index (χ1v) is 9.15. The van der Waals surface area contributed by atoms with Crippen molar-refractivity contribution >= 4 is 11.7 Å². The molecule has 1 aliphatic rings. The molecule has 1 fully saturated rings. The molecule has 5 nitrogen and oxygen atoms in total. The van der Waals surface area contributed by atoms with E-state index in [1.165, 1.54) is 17.5 Å². The summed E-state index contributed by atoms with van der Waals surface area (Å²) in [7, 11) is 2.02. The first kappa shape index (κ1) is 17.5. The summed E-state index contributed by atoms with van der Waals surface area (Å²) in [5.74, 6) is 1.08. The molecule has 1 atom stereocenters.